The van der Waals surface area contributed by atoms with Crippen molar-refractivity contribution >= 4 is 27.3 Å². The number of nitrogens with one attached hydrogen (secondary N) is 1. The van der Waals surface area contributed by atoms with Crippen molar-refractivity contribution in [2.45, 2.75) is 43.1 Å². The molecule has 2 aromatic carbocycles. The summed E-state index contributed by atoms with van der Waals surface area (Å²) in [6, 6.07) is 14.1. The lowest BCUT2D eigenvalue weighted by Crippen LogP contribution is -2.32. The van der Waals surface area contributed by atoms with Crippen molar-refractivity contribution in [3.8, 4) is 5.75 Å². The largest absolute Gasteiger partial charge is 0.495 e. The molecule has 0 bridgehead atoms. The molecule has 0 radical (unpaired) electrons. The number of benzene rings is 2. The van der Waals surface area contributed by atoms with Crippen molar-refractivity contribution in [3.05, 3.63) is 54.1 Å². The van der Waals surface area contributed by atoms with Crippen LogP contribution in [0.1, 0.15) is 43.8 Å². The van der Waals surface area contributed by atoms with Gasteiger partial charge in [-0.05, 0) is 36.6 Å². The van der Waals surface area contributed by atoms with Gasteiger partial charge in [0.2, 0.25) is 10.0 Å². The van der Waals surface area contributed by atoms with E-state index in [1.807, 2.05) is 30.3 Å². The molecule has 9 heteroatoms. The maximum atomic E-state index is 13.2. The van der Waals surface area contributed by atoms with Gasteiger partial charge in [0.15, 0.2) is 6.10 Å². The Morgan fingerprint density at radius 2 is 1.81 bits per heavy atom. The number of carbonyl (C=O) groups is 1. The molecule has 2 aliphatic heterocycles. The number of carbonyl (C=O) groups excluding carboxylic acids is 1. The van der Waals surface area contributed by atoms with E-state index >= 15 is 0 Å². The summed E-state index contributed by atoms with van der Waals surface area (Å²) in [7, 11) is -2.19. The van der Waals surface area contributed by atoms with Crippen LogP contribution in [0.15, 0.2) is 58.6 Å². The molecule has 2 heterocycles. The Bertz CT molecular complexity index is 1090. The topological polar surface area (TPSA) is 97.3 Å². The highest BCUT2D eigenvalue weighted by Crippen LogP contribution is 2.31. The van der Waals surface area contributed by atoms with Gasteiger partial charge < -0.3 is 14.9 Å². The molecule has 1 atom stereocenters. The van der Waals surface area contributed by atoms with Gasteiger partial charge in [0.25, 0.3) is 5.91 Å². The molecule has 1 fully saturated rings. The van der Waals surface area contributed by atoms with E-state index in [0.717, 1.165) is 31.2 Å². The first-order chi connectivity index (χ1) is 15.5. The third-order valence-corrected chi connectivity index (χ3v) is 7.62. The second-order valence-electron chi connectivity index (χ2n) is 7.88. The van der Waals surface area contributed by atoms with Crippen LogP contribution in [0, 0.1) is 0 Å². The van der Waals surface area contributed by atoms with Gasteiger partial charge in [-0.25, -0.2) is 8.42 Å². The molecular formula is C23H27N3O5S. The maximum Gasteiger partial charge on any atom is 0.273 e. The molecule has 0 aromatic heterocycles. The quantitative estimate of drug-likeness (QED) is 0.713. The highest BCUT2D eigenvalue weighted by molar-refractivity contribution is 7.89. The van der Waals surface area contributed by atoms with Crippen LogP contribution < -0.4 is 10.1 Å². The highest BCUT2D eigenvalue weighted by atomic mass is 32.2. The monoisotopic (exact) mass is 457 g/mol. The number of nitrogens with zero attached hydrogens (tertiary/aromatic N) is 2. The first-order valence-electron chi connectivity index (χ1n) is 10.8. The molecular weight excluding hydrogens is 430 g/mol. The molecule has 2 aromatic rings. The summed E-state index contributed by atoms with van der Waals surface area (Å²) in [6.07, 6.45) is 3.76. The minimum Gasteiger partial charge on any atom is -0.495 e. The fourth-order valence-corrected chi connectivity index (χ4v) is 5.47. The van der Waals surface area contributed by atoms with Crippen LogP contribution in [0.25, 0.3) is 0 Å². The number of hydrogen-bond acceptors (Lipinski definition) is 6. The number of anilines is 1. The predicted octanol–water partition coefficient (Wildman–Crippen LogP) is 3.72. The molecule has 1 amide bonds. The Morgan fingerprint density at radius 3 is 2.50 bits per heavy atom. The zero-order valence-corrected chi connectivity index (χ0v) is 18.8. The van der Waals surface area contributed by atoms with E-state index in [2.05, 4.69) is 10.5 Å². The molecule has 170 valence electrons. The zero-order chi connectivity index (χ0) is 22.6. The van der Waals surface area contributed by atoms with Crippen LogP contribution in [-0.2, 0) is 19.7 Å². The van der Waals surface area contributed by atoms with E-state index in [4.69, 9.17) is 9.57 Å². The van der Waals surface area contributed by atoms with E-state index in [0.29, 0.717) is 25.3 Å². The van der Waals surface area contributed by atoms with Gasteiger partial charge >= 0.3 is 0 Å². The molecule has 2 aliphatic rings. The van der Waals surface area contributed by atoms with Gasteiger partial charge in [-0.1, -0.05) is 48.3 Å². The summed E-state index contributed by atoms with van der Waals surface area (Å²) in [6.45, 7) is 1.01. The number of rotatable bonds is 6. The molecule has 1 unspecified atom stereocenters. The number of sulfonamides is 1. The van der Waals surface area contributed by atoms with E-state index in [1.54, 1.807) is 6.07 Å². The molecule has 0 aliphatic carbocycles. The fraction of sp³-hybridized carbons (Fsp3) is 0.391. The Kier molecular flexibility index (Phi) is 6.76. The van der Waals surface area contributed by atoms with Crippen molar-refractivity contribution < 1.29 is 22.8 Å². The Hall–Kier alpha value is -2.91. The molecule has 1 N–H and O–H groups in total. The van der Waals surface area contributed by atoms with E-state index in [-0.39, 0.29) is 22.4 Å². The Morgan fingerprint density at radius 1 is 1.09 bits per heavy atom. The van der Waals surface area contributed by atoms with Crippen molar-refractivity contribution in [2.24, 2.45) is 5.16 Å². The number of methoxy groups -OCH3 is 1. The second kappa shape index (κ2) is 9.70. The van der Waals surface area contributed by atoms with E-state index < -0.39 is 15.9 Å². The van der Waals surface area contributed by atoms with Gasteiger partial charge in [0, 0.05) is 19.5 Å². The SMILES string of the molecule is COc1ccc(S(=O)(=O)N2CCCCCC2)cc1NC(=O)C1=NOC(c2ccccc2)C1. The van der Waals surface area contributed by atoms with E-state index in [1.165, 1.54) is 23.5 Å². The summed E-state index contributed by atoms with van der Waals surface area (Å²) >= 11 is 0. The van der Waals surface area contributed by atoms with Gasteiger partial charge in [-0.15, -0.1) is 0 Å². The van der Waals surface area contributed by atoms with Gasteiger partial charge in [0.1, 0.15) is 11.5 Å². The summed E-state index contributed by atoms with van der Waals surface area (Å²) in [5, 5.41) is 6.68. The van der Waals surface area contributed by atoms with Crippen LogP contribution >= 0.6 is 0 Å². The molecule has 32 heavy (non-hydrogen) atoms. The van der Waals surface area contributed by atoms with Crippen LogP contribution in [0.2, 0.25) is 0 Å². The third-order valence-electron chi connectivity index (χ3n) is 5.72. The van der Waals surface area contributed by atoms with Crippen LogP contribution in [0.5, 0.6) is 5.75 Å². The van der Waals surface area contributed by atoms with Gasteiger partial charge in [-0.2, -0.15) is 4.31 Å². The maximum absolute atomic E-state index is 13.2. The number of amides is 1. The third kappa shape index (κ3) is 4.78. The molecule has 4 rings (SSSR count). The predicted molar refractivity (Wildman–Crippen MR) is 121 cm³/mol. The van der Waals surface area contributed by atoms with Gasteiger partial charge in [0.05, 0.1) is 17.7 Å². The first kappa shape index (κ1) is 22.3. The minimum absolute atomic E-state index is 0.127. The average molecular weight is 458 g/mol. The fourth-order valence-electron chi connectivity index (χ4n) is 3.93. The molecule has 0 saturated carbocycles. The van der Waals surface area contributed by atoms with Crippen LogP contribution in [0.4, 0.5) is 5.69 Å². The zero-order valence-electron chi connectivity index (χ0n) is 18.0. The van der Waals surface area contributed by atoms with Crippen molar-refractivity contribution in [3.63, 3.8) is 0 Å². The molecule has 1 saturated heterocycles. The smallest absolute Gasteiger partial charge is 0.273 e. The normalized spacial score (nSPS) is 19.5. The number of hydrogen-bond donors (Lipinski definition) is 1. The van der Waals surface area contributed by atoms with Crippen LogP contribution in [-0.4, -0.2) is 44.5 Å². The van der Waals surface area contributed by atoms with Gasteiger partial charge in [-0.3, -0.25) is 4.79 Å². The summed E-state index contributed by atoms with van der Waals surface area (Å²) < 4.78 is 33.2. The number of oxime groups is 1. The molecule has 0 spiro atoms. The highest BCUT2D eigenvalue weighted by Gasteiger charge is 2.29. The first-order valence-corrected chi connectivity index (χ1v) is 12.2. The van der Waals surface area contributed by atoms with E-state index in [9.17, 15) is 13.2 Å². The molecule has 8 nitrogen and oxygen atoms in total. The second-order valence-corrected chi connectivity index (χ2v) is 9.82. The van der Waals surface area contributed by atoms with Crippen molar-refractivity contribution in [1.29, 1.82) is 0 Å². The lowest BCUT2D eigenvalue weighted by Gasteiger charge is -2.21. The Balaban J connectivity index is 1.51. The summed E-state index contributed by atoms with van der Waals surface area (Å²) in [4.78, 5) is 18.4. The van der Waals surface area contributed by atoms with Crippen molar-refractivity contribution in [2.75, 3.05) is 25.5 Å². The van der Waals surface area contributed by atoms with Crippen LogP contribution in [0.3, 0.4) is 0 Å². The number of ether oxygens (including phenoxy) is 1. The lowest BCUT2D eigenvalue weighted by molar-refractivity contribution is -0.110. The van der Waals surface area contributed by atoms with Crippen molar-refractivity contribution in [1.82, 2.24) is 4.31 Å². The summed E-state index contributed by atoms with van der Waals surface area (Å²) in [5.41, 5.74) is 1.45. The Labute approximate surface area is 188 Å². The summed E-state index contributed by atoms with van der Waals surface area (Å²) in [5.74, 6) is -0.0849. The lowest BCUT2D eigenvalue weighted by atomic mass is 10.0. The average Bonchev–Trinajstić information content (AvgIpc) is 3.14. The standard InChI is InChI=1S/C23H27N3O5S/c1-30-21-12-11-18(32(28,29)26-13-7-2-3-8-14-26)15-19(21)24-23(27)20-16-22(31-25-20)17-9-5-4-6-10-17/h4-6,9-12,15,22H,2-3,7-8,13-14,16H2,1H3,(H,24,27). The minimum atomic E-state index is -3.66.